The minimum atomic E-state index is -0.878. The van der Waals surface area contributed by atoms with Gasteiger partial charge in [-0.15, -0.1) is 0 Å². The highest BCUT2D eigenvalue weighted by atomic mass is 33.1. The Hall–Kier alpha value is -3.28. The Morgan fingerprint density at radius 1 is 0.769 bits per heavy atom. The van der Waals surface area contributed by atoms with Crippen LogP contribution in [-0.2, 0) is 33.3 Å². The van der Waals surface area contributed by atoms with E-state index in [-0.39, 0.29) is 58.8 Å². The minimum absolute atomic E-state index is 0. The molecule has 0 radical (unpaired) electrons. The van der Waals surface area contributed by atoms with Gasteiger partial charge >= 0.3 is 0 Å². The lowest BCUT2D eigenvalue weighted by Gasteiger charge is -2.14. The molecule has 1 aromatic rings. The van der Waals surface area contributed by atoms with E-state index in [2.05, 4.69) is 72.0 Å². The summed E-state index contributed by atoms with van der Waals surface area (Å²) in [5, 5.41) is 9.72. The monoisotopic (exact) mass is 952 g/mol. The Labute approximate surface area is 401 Å². The predicted octanol–water partition coefficient (Wildman–Crippen LogP) is 10.3. The lowest BCUT2D eigenvalue weighted by atomic mass is 10.1. The summed E-state index contributed by atoms with van der Waals surface area (Å²) in [6.45, 7) is 20.7. The summed E-state index contributed by atoms with van der Waals surface area (Å²) in [5.41, 5.74) is 9.38. The molecule has 16 heteroatoms. The van der Waals surface area contributed by atoms with Gasteiger partial charge in [0.1, 0.15) is 38.1 Å². The van der Waals surface area contributed by atoms with Crippen LogP contribution in [0.15, 0.2) is 29.4 Å². The van der Waals surface area contributed by atoms with Gasteiger partial charge in [-0.25, -0.2) is 0 Å². The number of hydrogen-bond acceptors (Lipinski definition) is 13. The predicted molar refractivity (Wildman–Crippen MR) is 270 cm³/mol. The first-order chi connectivity index (χ1) is 30.3. The fourth-order valence-electron chi connectivity index (χ4n) is 4.92. The molecule has 0 aliphatic carbocycles. The number of ketones is 2. The zero-order valence-corrected chi connectivity index (χ0v) is 41.0. The number of hydrogen-bond donors (Lipinski definition) is 2. The molecule has 0 aliphatic rings. The Kier molecular flexibility index (Phi) is 47.9. The van der Waals surface area contributed by atoms with Gasteiger partial charge in [0.15, 0.2) is 17.8 Å². The van der Waals surface area contributed by atoms with Crippen molar-refractivity contribution in [2.24, 2.45) is 22.9 Å². The van der Waals surface area contributed by atoms with Crippen molar-refractivity contribution in [2.45, 2.75) is 134 Å². The zero-order valence-electron chi connectivity index (χ0n) is 39.4. The molecule has 14 nitrogen and oxygen atoms in total. The van der Waals surface area contributed by atoms with Crippen LogP contribution in [0, 0.1) is 41.4 Å². The number of carbonyl (C=O) groups is 3. The van der Waals surface area contributed by atoms with Crippen LogP contribution in [0.2, 0.25) is 0 Å². The van der Waals surface area contributed by atoms with Crippen LogP contribution in [0.5, 0.6) is 5.75 Å². The molecule has 2 N–H and O–H groups in total. The number of azide groups is 1. The lowest BCUT2D eigenvalue weighted by Crippen LogP contribution is -2.27. The van der Waals surface area contributed by atoms with Crippen LogP contribution < -0.4 is 15.4 Å². The average molecular weight is 952 g/mol. The van der Waals surface area contributed by atoms with Gasteiger partial charge in [-0.2, -0.15) is 0 Å². The van der Waals surface area contributed by atoms with E-state index < -0.39 is 6.23 Å². The summed E-state index contributed by atoms with van der Waals surface area (Å²) < 4.78 is 32.8. The molecule has 65 heavy (non-hydrogen) atoms. The van der Waals surface area contributed by atoms with E-state index in [1.54, 1.807) is 35.1 Å². The highest BCUT2D eigenvalue weighted by Gasteiger charge is 2.11. The van der Waals surface area contributed by atoms with Crippen molar-refractivity contribution >= 4 is 39.1 Å². The van der Waals surface area contributed by atoms with Crippen LogP contribution in [0.25, 0.3) is 10.4 Å². The van der Waals surface area contributed by atoms with E-state index in [0.717, 1.165) is 25.3 Å². The molecular weight excluding hydrogens is 867 g/mol. The number of Topliss-reactive ketones (excluding diaryl/α,β-unsaturated/α-hetero) is 2. The number of amides is 1. The number of nitrogens with one attached hydrogen (secondary N) is 2. The third-order valence-electron chi connectivity index (χ3n) is 8.02. The van der Waals surface area contributed by atoms with Gasteiger partial charge in [0.25, 0.3) is 0 Å². The quantitative estimate of drug-likeness (QED) is 0.00952. The molecule has 0 fully saturated rings. The molecule has 1 atom stereocenters. The first-order valence-electron chi connectivity index (χ1n) is 22.3. The Balaban J connectivity index is -0.00000124. The SMILES string of the molecule is C.C.CC(C)C#CCOCCCC(=O)COCCOC(COc1cccc(C(=O)CCCNC(C)C)c1)N=[N+]=[N-].CC(C)C#CCOCCNC(=O)CCCOCSSCCCC(C)C. The normalized spacial score (nSPS) is 10.9. The van der Waals surface area contributed by atoms with Gasteiger partial charge in [0.05, 0.1) is 19.8 Å². The van der Waals surface area contributed by atoms with Crippen molar-refractivity contribution in [2.75, 3.05) is 84.2 Å². The van der Waals surface area contributed by atoms with E-state index >= 15 is 0 Å². The molecule has 0 aliphatic heterocycles. The molecule has 372 valence electrons. The van der Waals surface area contributed by atoms with E-state index in [9.17, 15) is 14.4 Å². The fraction of sp³-hybridized carbons (Fsp3) is 0.735. The highest BCUT2D eigenvalue weighted by Crippen LogP contribution is 2.23. The highest BCUT2D eigenvalue weighted by molar-refractivity contribution is 8.76. The van der Waals surface area contributed by atoms with Crippen molar-refractivity contribution in [1.29, 1.82) is 0 Å². The van der Waals surface area contributed by atoms with E-state index in [0.29, 0.717) is 100 Å². The van der Waals surface area contributed by atoms with Crippen LogP contribution >= 0.6 is 21.6 Å². The van der Waals surface area contributed by atoms with Crippen molar-refractivity contribution in [3.63, 3.8) is 0 Å². The molecule has 0 saturated carbocycles. The van der Waals surface area contributed by atoms with Crippen molar-refractivity contribution in [3.8, 4) is 29.4 Å². The number of nitrogens with zero attached hydrogens (tertiary/aromatic N) is 3. The topological polar surface area (TPSA) is 179 Å². The molecule has 0 aromatic heterocycles. The van der Waals surface area contributed by atoms with Gasteiger partial charge in [0, 0.05) is 73.1 Å². The van der Waals surface area contributed by atoms with Crippen LogP contribution in [-0.4, -0.2) is 114 Å². The van der Waals surface area contributed by atoms with E-state index in [1.165, 1.54) is 18.6 Å². The van der Waals surface area contributed by atoms with Crippen LogP contribution in [0.4, 0.5) is 0 Å². The van der Waals surface area contributed by atoms with Crippen molar-refractivity contribution in [3.05, 3.63) is 40.3 Å². The molecule has 1 amide bonds. The number of ether oxygens (including phenoxy) is 6. The third-order valence-corrected chi connectivity index (χ3v) is 10.2. The summed E-state index contributed by atoms with van der Waals surface area (Å²) in [6.07, 6.45) is 5.11. The van der Waals surface area contributed by atoms with Gasteiger partial charge in [-0.3, -0.25) is 14.4 Å². The molecule has 0 heterocycles. The summed E-state index contributed by atoms with van der Waals surface area (Å²) in [7, 11) is 3.62. The van der Waals surface area contributed by atoms with Crippen LogP contribution in [0.3, 0.4) is 0 Å². The van der Waals surface area contributed by atoms with Gasteiger partial charge in [-0.05, 0) is 55.8 Å². The van der Waals surface area contributed by atoms with Crippen LogP contribution in [0.1, 0.15) is 132 Å². The molecule has 1 aromatic carbocycles. The molecule has 0 bridgehead atoms. The zero-order chi connectivity index (χ0) is 46.8. The van der Waals surface area contributed by atoms with Gasteiger partial charge in [0.2, 0.25) is 5.91 Å². The largest absolute Gasteiger partial charge is 0.491 e. The Morgan fingerprint density at radius 2 is 1.45 bits per heavy atom. The molecule has 0 saturated heterocycles. The second kappa shape index (κ2) is 47.2. The molecule has 1 rings (SSSR count). The van der Waals surface area contributed by atoms with Crippen molar-refractivity contribution < 1.29 is 42.8 Å². The maximum absolute atomic E-state index is 12.4. The molecule has 1 unspecified atom stereocenters. The second-order valence-electron chi connectivity index (χ2n) is 15.7. The number of rotatable bonds is 36. The smallest absolute Gasteiger partial charge is 0.220 e. The summed E-state index contributed by atoms with van der Waals surface area (Å²) in [4.78, 5) is 38.7. The standard InChI is InChI=1S/C28H42N4O6.C19H35NO3S2.2CH4/c1-22(2)9-7-15-35-16-8-11-25(33)20-36-17-18-37-28(31-32-29)21-38-26-12-5-10-24(19-26)27(34)13-6-14-30-23(3)4;1-17(2)8-5-12-22-14-11-20-19(21)10-6-13-23-16-25-24-15-7-9-18(3)4;;/h5,10,12,19,22-23,28,30H,6,8,11,13-18,20-21H2,1-4H3;17-18H,6-7,9-16H2,1-4H3,(H,20,21);2*1H4. The lowest BCUT2D eigenvalue weighted by molar-refractivity contribution is -0.125. The van der Waals surface area contributed by atoms with E-state index in [4.69, 9.17) is 34.0 Å². The van der Waals surface area contributed by atoms with Crippen molar-refractivity contribution in [1.82, 2.24) is 10.6 Å². The van der Waals surface area contributed by atoms with E-state index in [1.807, 2.05) is 38.5 Å². The average Bonchev–Trinajstić information content (AvgIpc) is 3.24. The van der Waals surface area contributed by atoms with Gasteiger partial charge < -0.3 is 39.1 Å². The summed E-state index contributed by atoms with van der Waals surface area (Å²) in [6, 6.07) is 7.28. The molecule has 0 spiro atoms. The fourth-order valence-corrected chi connectivity index (χ4v) is 6.69. The second-order valence-corrected chi connectivity index (χ2v) is 18.2. The van der Waals surface area contributed by atoms with Gasteiger partial charge in [-0.1, -0.05) is 139 Å². The maximum atomic E-state index is 12.4. The molecular formula is C49H85N5O9S2. The number of carbonyl (C=O) groups excluding carboxylic acids is 3. The third kappa shape index (κ3) is 47.0. The first kappa shape index (κ1) is 66.0. The maximum Gasteiger partial charge on any atom is 0.220 e. The number of benzene rings is 1. The Morgan fingerprint density at radius 3 is 2.11 bits per heavy atom. The summed E-state index contributed by atoms with van der Waals surface area (Å²) >= 11 is 0. The summed E-state index contributed by atoms with van der Waals surface area (Å²) in [5.74, 6) is 15.8. The minimum Gasteiger partial charge on any atom is -0.491 e. The first-order valence-corrected chi connectivity index (χ1v) is 24.8. The Bertz CT molecular complexity index is 1520.